The quantitative estimate of drug-likeness (QED) is 0.687. The van der Waals surface area contributed by atoms with Gasteiger partial charge in [-0.05, 0) is 19.4 Å². The van der Waals surface area contributed by atoms with Crippen molar-refractivity contribution >= 4 is 35.1 Å². The first-order valence-corrected chi connectivity index (χ1v) is 9.60. The Kier molecular flexibility index (Phi) is 5.30. The number of carbonyl (C=O) groups excluding carboxylic acids is 2. The van der Waals surface area contributed by atoms with E-state index in [4.69, 9.17) is 16.1 Å². The van der Waals surface area contributed by atoms with E-state index in [-0.39, 0.29) is 30.5 Å². The number of carbonyl (C=O) groups is 2. The summed E-state index contributed by atoms with van der Waals surface area (Å²) in [5.74, 6) is 0.550. The Morgan fingerprint density at radius 1 is 1.21 bits per heavy atom. The SMILES string of the molecule is Cc1cc2n(n1)CCCN2C(=O)CCC(=O)Nc1cc(-c2cncc(Cl)c2)no1. The number of rotatable bonds is 5. The van der Waals surface area contributed by atoms with E-state index in [9.17, 15) is 9.59 Å². The van der Waals surface area contributed by atoms with E-state index in [1.54, 1.807) is 23.2 Å². The topological polar surface area (TPSA) is 106 Å². The second-order valence-corrected chi connectivity index (χ2v) is 7.22. The average Bonchev–Trinajstić information content (AvgIpc) is 3.31. The lowest BCUT2D eigenvalue weighted by Gasteiger charge is -2.27. The molecule has 10 heteroatoms. The molecule has 29 heavy (non-hydrogen) atoms. The summed E-state index contributed by atoms with van der Waals surface area (Å²) < 4.78 is 6.97. The molecule has 150 valence electrons. The zero-order valence-electron chi connectivity index (χ0n) is 15.8. The molecule has 1 aliphatic heterocycles. The molecule has 9 nitrogen and oxygen atoms in total. The Hall–Kier alpha value is -3.20. The third kappa shape index (κ3) is 4.29. The Bertz CT molecular complexity index is 1060. The van der Waals surface area contributed by atoms with Gasteiger partial charge in [-0.15, -0.1) is 0 Å². The fourth-order valence-corrected chi connectivity index (χ4v) is 3.41. The van der Waals surface area contributed by atoms with Crippen molar-refractivity contribution in [3.05, 3.63) is 41.3 Å². The van der Waals surface area contributed by atoms with E-state index in [0.717, 1.165) is 24.5 Å². The van der Waals surface area contributed by atoms with Crippen LogP contribution in [0.3, 0.4) is 0 Å². The minimum Gasteiger partial charge on any atom is -0.338 e. The number of nitrogens with zero attached hydrogens (tertiary/aromatic N) is 5. The summed E-state index contributed by atoms with van der Waals surface area (Å²) in [6.45, 7) is 3.32. The zero-order chi connectivity index (χ0) is 20.4. The van der Waals surface area contributed by atoms with Crippen molar-refractivity contribution in [1.82, 2.24) is 19.9 Å². The minimum absolute atomic E-state index is 0.0389. The molecule has 0 bridgehead atoms. The van der Waals surface area contributed by atoms with Crippen LogP contribution in [0.5, 0.6) is 0 Å². The maximum atomic E-state index is 12.6. The highest BCUT2D eigenvalue weighted by Crippen LogP contribution is 2.24. The molecule has 0 saturated heterocycles. The van der Waals surface area contributed by atoms with Gasteiger partial charge in [0.1, 0.15) is 11.5 Å². The zero-order valence-corrected chi connectivity index (χ0v) is 16.5. The van der Waals surface area contributed by atoms with Gasteiger partial charge in [-0.3, -0.25) is 24.8 Å². The molecule has 0 atom stereocenters. The van der Waals surface area contributed by atoms with Crippen LogP contribution < -0.4 is 10.2 Å². The molecular weight excluding hydrogens is 396 g/mol. The highest BCUT2D eigenvalue weighted by atomic mass is 35.5. The predicted octanol–water partition coefficient (Wildman–Crippen LogP) is 3.05. The summed E-state index contributed by atoms with van der Waals surface area (Å²) >= 11 is 5.92. The van der Waals surface area contributed by atoms with Gasteiger partial charge in [0.05, 0.1) is 10.7 Å². The van der Waals surface area contributed by atoms with Gasteiger partial charge in [0.2, 0.25) is 17.7 Å². The van der Waals surface area contributed by atoms with Crippen LogP contribution in [0.2, 0.25) is 5.02 Å². The second-order valence-electron chi connectivity index (χ2n) is 6.78. The lowest BCUT2D eigenvalue weighted by molar-refractivity contribution is -0.122. The number of aryl methyl sites for hydroxylation is 2. The number of pyridine rings is 1. The molecule has 3 aromatic heterocycles. The highest BCUT2D eigenvalue weighted by molar-refractivity contribution is 6.30. The van der Waals surface area contributed by atoms with Gasteiger partial charge in [0, 0.05) is 56.0 Å². The van der Waals surface area contributed by atoms with Crippen molar-refractivity contribution in [1.29, 1.82) is 0 Å². The van der Waals surface area contributed by atoms with E-state index in [0.29, 0.717) is 22.8 Å². The summed E-state index contributed by atoms with van der Waals surface area (Å²) in [5, 5.41) is 11.4. The first-order chi connectivity index (χ1) is 14.0. The number of amides is 2. The standard InChI is InChI=1S/C19H19ClN6O3/c1-12-7-18-25(5-2-6-26(18)23-12)19(28)4-3-16(27)22-17-9-15(24-29-17)13-8-14(20)11-21-10-13/h7-11H,2-6H2,1H3,(H,22,27). The molecule has 4 rings (SSSR count). The van der Waals surface area contributed by atoms with Crippen molar-refractivity contribution in [2.24, 2.45) is 0 Å². The number of halogens is 1. The van der Waals surface area contributed by atoms with Crippen LogP contribution in [-0.4, -0.2) is 38.3 Å². The van der Waals surface area contributed by atoms with Crippen molar-refractivity contribution < 1.29 is 14.1 Å². The summed E-state index contributed by atoms with van der Waals surface area (Å²) in [6.07, 6.45) is 4.08. The largest absolute Gasteiger partial charge is 0.338 e. The second kappa shape index (κ2) is 8.04. The van der Waals surface area contributed by atoms with Crippen LogP contribution >= 0.6 is 11.6 Å². The van der Waals surface area contributed by atoms with Gasteiger partial charge in [0.25, 0.3) is 0 Å². The van der Waals surface area contributed by atoms with E-state index >= 15 is 0 Å². The molecule has 0 aromatic carbocycles. The highest BCUT2D eigenvalue weighted by Gasteiger charge is 2.24. The Labute approximate surface area is 171 Å². The number of anilines is 2. The lowest BCUT2D eigenvalue weighted by Crippen LogP contribution is -2.37. The third-order valence-corrected chi connectivity index (χ3v) is 4.76. The average molecular weight is 415 g/mol. The minimum atomic E-state index is -0.327. The molecule has 4 heterocycles. The molecule has 3 aromatic rings. The first kappa shape index (κ1) is 19.1. The maximum Gasteiger partial charge on any atom is 0.231 e. The monoisotopic (exact) mass is 414 g/mol. The molecule has 0 radical (unpaired) electrons. The van der Waals surface area contributed by atoms with Gasteiger partial charge in [-0.2, -0.15) is 5.10 Å². The van der Waals surface area contributed by atoms with Crippen molar-refractivity contribution in [3.8, 4) is 11.3 Å². The van der Waals surface area contributed by atoms with Crippen LogP contribution in [0.1, 0.15) is 25.0 Å². The van der Waals surface area contributed by atoms with Crippen LogP contribution in [0.4, 0.5) is 11.7 Å². The smallest absolute Gasteiger partial charge is 0.231 e. The van der Waals surface area contributed by atoms with Gasteiger partial charge < -0.3 is 4.52 Å². The number of nitrogens with one attached hydrogen (secondary N) is 1. The molecule has 0 unspecified atom stereocenters. The predicted molar refractivity (Wildman–Crippen MR) is 107 cm³/mol. The van der Waals surface area contributed by atoms with Crippen molar-refractivity contribution in [2.45, 2.75) is 32.7 Å². The van der Waals surface area contributed by atoms with Crippen molar-refractivity contribution in [2.75, 3.05) is 16.8 Å². The van der Waals surface area contributed by atoms with Crippen LogP contribution in [0.25, 0.3) is 11.3 Å². The van der Waals surface area contributed by atoms with Crippen LogP contribution in [-0.2, 0) is 16.1 Å². The van der Waals surface area contributed by atoms with Crippen LogP contribution in [0, 0.1) is 6.92 Å². The number of fused-ring (bicyclic) bond motifs is 1. The maximum absolute atomic E-state index is 12.6. The summed E-state index contributed by atoms with van der Waals surface area (Å²) in [5.41, 5.74) is 2.05. The number of hydrogen-bond acceptors (Lipinski definition) is 6. The molecule has 1 N–H and O–H groups in total. The number of hydrogen-bond donors (Lipinski definition) is 1. The van der Waals surface area contributed by atoms with Gasteiger partial charge >= 0.3 is 0 Å². The summed E-state index contributed by atoms with van der Waals surface area (Å²) in [7, 11) is 0. The number of aromatic nitrogens is 4. The molecule has 0 fully saturated rings. The van der Waals surface area contributed by atoms with Crippen LogP contribution in [0.15, 0.2) is 35.1 Å². The molecule has 0 spiro atoms. The molecular formula is C19H19ClN6O3. The first-order valence-electron chi connectivity index (χ1n) is 9.22. The molecule has 0 saturated carbocycles. The van der Waals surface area contributed by atoms with E-state index in [1.807, 2.05) is 17.7 Å². The normalized spacial score (nSPS) is 13.2. The molecule has 0 aliphatic carbocycles. The van der Waals surface area contributed by atoms with Gasteiger partial charge in [-0.1, -0.05) is 16.8 Å². The Morgan fingerprint density at radius 2 is 2.07 bits per heavy atom. The van der Waals surface area contributed by atoms with E-state index in [1.165, 1.54) is 6.20 Å². The summed E-state index contributed by atoms with van der Waals surface area (Å²) in [6, 6.07) is 5.17. The Morgan fingerprint density at radius 3 is 2.90 bits per heavy atom. The lowest BCUT2D eigenvalue weighted by atomic mass is 10.2. The Balaban J connectivity index is 1.33. The van der Waals surface area contributed by atoms with Gasteiger partial charge in [0.15, 0.2) is 0 Å². The van der Waals surface area contributed by atoms with E-state index < -0.39 is 0 Å². The van der Waals surface area contributed by atoms with E-state index in [2.05, 4.69) is 20.6 Å². The van der Waals surface area contributed by atoms with Gasteiger partial charge in [-0.25, -0.2) is 4.68 Å². The molecule has 2 amide bonds. The fourth-order valence-electron chi connectivity index (χ4n) is 3.24. The molecule has 1 aliphatic rings. The summed E-state index contributed by atoms with van der Waals surface area (Å²) in [4.78, 5) is 30.5. The van der Waals surface area contributed by atoms with Crippen molar-refractivity contribution in [3.63, 3.8) is 0 Å². The fraction of sp³-hybridized carbons (Fsp3) is 0.316. The third-order valence-electron chi connectivity index (χ3n) is 4.55.